The van der Waals surface area contributed by atoms with E-state index in [1.807, 2.05) is 17.0 Å². The maximum Gasteiger partial charge on any atom is 0.488 e. The molecule has 2 aromatic carbocycles. The molecule has 7 heteroatoms. The fourth-order valence-electron chi connectivity index (χ4n) is 4.12. The van der Waals surface area contributed by atoms with E-state index in [2.05, 4.69) is 17.1 Å². The topological polar surface area (TPSA) is 99.7 Å². The molecule has 0 bridgehead atoms. The van der Waals surface area contributed by atoms with Crippen LogP contribution in [0.15, 0.2) is 54.9 Å². The number of rotatable bonds is 4. The van der Waals surface area contributed by atoms with Crippen molar-refractivity contribution in [2.45, 2.75) is 25.3 Å². The second-order valence-corrected chi connectivity index (χ2v) is 7.55. The predicted octanol–water partition coefficient (Wildman–Crippen LogP) is 1.39. The molecule has 29 heavy (non-hydrogen) atoms. The van der Waals surface area contributed by atoms with Gasteiger partial charge in [0, 0.05) is 43.0 Å². The van der Waals surface area contributed by atoms with E-state index in [0.29, 0.717) is 36.6 Å². The van der Waals surface area contributed by atoms with Crippen molar-refractivity contribution in [3.8, 4) is 0 Å². The molecule has 1 saturated heterocycles. The Morgan fingerprint density at radius 1 is 1.17 bits per heavy atom. The molecule has 0 unspecified atom stereocenters. The SMILES string of the molecule is NCc1cccc(C2CCN(C(=O)c3cc(B(O)O)cc4cnccc34)CC2)c1. The molecule has 0 saturated carbocycles. The molecular formula is C22H24BN3O3. The predicted molar refractivity (Wildman–Crippen MR) is 114 cm³/mol. The minimum absolute atomic E-state index is 0.0853. The third-order valence-electron chi connectivity index (χ3n) is 5.74. The van der Waals surface area contributed by atoms with Gasteiger partial charge in [0.2, 0.25) is 0 Å². The number of carbonyl (C=O) groups is 1. The lowest BCUT2D eigenvalue weighted by Gasteiger charge is -2.33. The van der Waals surface area contributed by atoms with Gasteiger partial charge in [-0.15, -0.1) is 0 Å². The van der Waals surface area contributed by atoms with Crippen LogP contribution < -0.4 is 11.2 Å². The summed E-state index contributed by atoms with van der Waals surface area (Å²) in [5.41, 5.74) is 8.94. The number of nitrogens with two attached hydrogens (primary N) is 1. The second-order valence-electron chi connectivity index (χ2n) is 7.55. The first kappa shape index (κ1) is 19.6. The van der Waals surface area contributed by atoms with Crippen molar-refractivity contribution in [2.24, 2.45) is 5.73 Å². The van der Waals surface area contributed by atoms with E-state index in [0.717, 1.165) is 29.2 Å². The quantitative estimate of drug-likeness (QED) is 0.586. The van der Waals surface area contributed by atoms with Crippen molar-refractivity contribution in [3.63, 3.8) is 0 Å². The number of amides is 1. The van der Waals surface area contributed by atoms with Crippen LogP contribution in [0.25, 0.3) is 10.8 Å². The first-order chi connectivity index (χ1) is 14.1. The van der Waals surface area contributed by atoms with Crippen molar-refractivity contribution in [3.05, 3.63) is 71.5 Å². The van der Waals surface area contributed by atoms with E-state index in [9.17, 15) is 14.8 Å². The number of hydrogen-bond acceptors (Lipinski definition) is 5. The first-order valence-corrected chi connectivity index (χ1v) is 9.89. The zero-order valence-corrected chi connectivity index (χ0v) is 16.2. The number of piperidine rings is 1. The van der Waals surface area contributed by atoms with Crippen molar-refractivity contribution >= 4 is 29.3 Å². The summed E-state index contributed by atoms with van der Waals surface area (Å²) in [7, 11) is -1.63. The molecule has 1 aliphatic heterocycles. The van der Waals surface area contributed by atoms with E-state index in [1.54, 1.807) is 30.6 Å². The van der Waals surface area contributed by atoms with Gasteiger partial charge in [0.05, 0.1) is 0 Å². The Morgan fingerprint density at radius 2 is 1.97 bits per heavy atom. The molecule has 0 radical (unpaired) electrons. The van der Waals surface area contributed by atoms with Gasteiger partial charge in [0.15, 0.2) is 0 Å². The molecule has 0 aliphatic carbocycles. The van der Waals surface area contributed by atoms with Gasteiger partial charge in [-0.1, -0.05) is 30.3 Å². The van der Waals surface area contributed by atoms with Gasteiger partial charge in [-0.2, -0.15) is 0 Å². The summed E-state index contributed by atoms with van der Waals surface area (Å²) in [6.07, 6.45) is 5.06. The minimum atomic E-state index is -1.63. The van der Waals surface area contributed by atoms with Crippen LogP contribution in [0.5, 0.6) is 0 Å². The van der Waals surface area contributed by atoms with Crippen LogP contribution in [0.2, 0.25) is 0 Å². The lowest BCUT2D eigenvalue weighted by atomic mass is 9.78. The average molecular weight is 389 g/mol. The van der Waals surface area contributed by atoms with Gasteiger partial charge >= 0.3 is 7.12 Å². The van der Waals surface area contributed by atoms with Crippen LogP contribution in [0, 0.1) is 0 Å². The lowest BCUT2D eigenvalue weighted by molar-refractivity contribution is 0.0715. The number of fused-ring (bicyclic) bond motifs is 1. The smallest absolute Gasteiger partial charge is 0.423 e. The summed E-state index contributed by atoms with van der Waals surface area (Å²) in [6.45, 7) is 1.85. The molecule has 4 rings (SSSR count). The summed E-state index contributed by atoms with van der Waals surface area (Å²) in [4.78, 5) is 19.2. The highest BCUT2D eigenvalue weighted by Crippen LogP contribution is 2.30. The summed E-state index contributed by atoms with van der Waals surface area (Å²) < 4.78 is 0. The van der Waals surface area contributed by atoms with E-state index < -0.39 is 7.12 Å². The average Bonchev–Trinajstić information content (AvgIpc) is 2.78. The van der Waals surface area contributed by atoms with Crippen molar-refractivity contribution < 1.29 is 14.8 Å². The third kappa shape index (κ3) is 4.03. The zero-order chi connectivity index (χ0) is 20.4. The molecule has 6 nitrogen and oxygen atoms in total. The van der Waals surface area contributed by atoms with Gasteiger partial charge in [-0.05, 0) is 52.9 Å². The number of nitrogens with zero attached hydrogens (tertiary/aromatic N) is 2. The number of hydrogen-bond donors (Lipinski definition) is 3. The van der Waals surface area contributed by atoms with Crippen molar-refractivity contribution in [1.29, 1.82) is 0 Å². The van der Waals surface area contributed by atoms with Gasteiger partial charge < -0.3 is 20.7 Å². The summed E-state index contributed by atoms with van der Waals surface area (Å²) >= 11 is 0. The molecule has 1 amide bonds. The number of likely N-dealkylation sites (tertiary alicyclic amines) is 1. The molecule has 4 N–H and O–H groups in total. The molecule has 1 fully saturated rings. The number of aromatic nitrogens is 1. The number of benzene rings is 2. The summed E-state index contributed by atoms with van der Waals surface area (Å²) in [5, 5.41) is 20.7. The first-order valence-electron chi connectivity index (χ1n) is 9.89. The highest BCUT2D eigenvalue weighted by Gasteiger charge is 2.27. The molecular weight excluding hydrogens is 365 g/mol. The van der Waals surface area contributed by atoms with E-state index in [-0.39, 0.29) is 5.91 Å². The van der Waals surface area contributed by atoms with Crippen LogP contribution in [0.1, 0.15) is 40.2 Å². The molecule has 148 valence electrons. The molecule has 1 aliphatic rings. The monoisotopic (exact) mass is 389 g/mol. The second kappa shape index (κ2) is 8.33. The van der Waals surface area contributed by atoms with Crippen LogP contribution in [-0.2, 0) is 6.54 Å². The maximum absolute atomic E-state index is 13.3. The van der Waals surface area contributed by atoms with Crippen LogP contribution in [-0.4, -0.2) is 46.0 Å². The van der Waals surface area contributed by atoms with E-state index in [1.165, 1.54) is 5.56 Å². The van der Waals surface area contributed by atoms with E-state index in [4.69, 9.17) is 5.73 Å². The van der Waals surface area contributed by atoms with Gasteiger partial charge in [-0.3, -0.25) is 9.78 Å². The Hall–Kier alpha value is -2.74. The van der Waals surface area contributed by atoms with Crippen LogP contribution in [0.3, 0.4) is 0 Å². The van der Waals surface area contributed by atoms with E-state index >= 15 is 0 Å². The third-order valence-corrected chi connectivity index (χ3v) is 5.74. The standard InChI is InChI=1S/C22H24BN3O3/c24-13-15-2-1-3-17(10-15)16-5-8-26(9-6-16)22(27)21-12-19(23(28)29)11-18-14-25-7-4-20(18)21/h1-4,7,10-12,14,16,28-29H,5-6,8-9,13,24H2. The Labute approximate surface area is 170 Å². The van der Waals surface area contributed by atoms with Crippen molar-refractivity contribution in [1.82, 2.24) is 9.88 Å². The molecule has 1 aromatic heterocycles. The highest BCUT2D eigenvalue weighted by molar-refractivity contribution is 6.59. The Balaban J connectivity index is 1.55. The van der Waals surface area contributed by atoms with Gasteiger partial charge in [-0.25, -0.2) is 0 Å². The maximum atomic E-state index is 13.3. The minimum Gasteiger partial charge on any atom is -0.423 e. The van der Waals surface area contributed by atoms with Crippen LogP contribution >= 0.6 is 0 Å². The van der Waals surface area contributed by atoms with Gasteiger partial charge in [0.1, 0.15) is 0 Å². The molecule has 0 spiro atoms. The number of carbonyl (C=O) groups excluding carboxylic acids is 1. The normalized spacial score (nSPS) is 14.9. The largest absolute Gasteiger partial charge is 0.488 e. The molecule has 0 atom stereocenters. The zero-order valence-electron chi connectivity index (χ0n) is 16.2. The fraction of sp³-hybridized carbons (Fsp3) is 0.273. The van der Waals surface area contributed by atoms with Gasteiger partial charge in [0.25, 0.3) is 5.91 Å². The fourth-order valence-corrected chi connectivity index (χ4v) is 4.12. The van der Waals surface area contributed by atoms with Crippen molar-refractivity contribution in [2.75, 3.05) is 13.1 Å². The Morgan fingerprint density at radius 3 is 2.69 bits per heavy atom. The summed E-state index contributed by atoms with van der Waals surface area (Å²) in [6, 6.07) is 13.4. The molecule has 2 heterocycles. The Bertz CT molecular complexity index is 1030. The summed E-state index contributed by atoms with van der Waals surface area (Å²) in [5.74, 6) is 0.329. The lowest BCUT2D eigenvalue weighted by Crippen LogP contribution is -2.39. The molecule has 3 aromatic rings. The number of pyridine rings is 1. The Kier molecular flexibility index (Phi) is 5.62. The highest BCUT2D eigenvalue weighted by atomic mass is 16.4. The van der Waals surface area contributed by atoms with Crippen LogP contribution in [0.4, 0.5) is 0 Å².